The number of ketones is 1. The zero-order chi connectivity index (χ0) is 28.5. The molecule has 8 nitrogen and oxygen atoms in total. The Labute approximate surface area is 232 Å². The number of amides is 1. The number of carbonyl (C=O) groups is 2. The van der Waals surface area contributed by atoms with E-state index in [-0.39, 0.29) is 11.7 Å². The van der Waals surface area contributed by atoms with E-state index in [2.05, 4.69) is 10.6 Å². The summed E-state index contributed by atoms with van der Waals surface area (Å²) in [5.41, 5.74) is 2.28. The average molecular weight is 539 g/mol. The van der Waals surface area contributed by atoms with Gasteiger partial charge in [-0.05, 0) is 41.1 Å². The lowest BCUT2D eigenvalue weighted by Gasteiger charge is -2.13. The van der Waals surface area contributed by atoms with Crippen LogP contribution in [0.5, 0.6) is 23.0 Å². The average Bonchev–Trinajstić information content (AvgIpc) is 2.99. The zero-order valence-electron chi connectivity index (χ0n) is 22.7. The number of hydrogen-bond donors (Lipinski definition) is 2. The highest BCUT2D eigenvalue weighted by Gasteiger charge is 2.12. The van der Waals surface area contributed by atoms with Crippen LogP contribution in [0.3, 0.4) is 0 Å². The van der Waals surface area contributed by atoms with Gasteiger partial charge in [0.2, 0.25) is 5.91 Å². The lowest BCUT2D eigenvalue weighted by molar-refractivity contribution is -0.111. The summed E-state index contributed by atoms with van der Waals surface area (Å²) in [7, 11) is 6.15. The number of nitrogens with one attached hydrogen (secondary N) is 2. The van der Waals surface area contributed by atoms with E-state index in [1.54, 1.807) is 62.9 Å². The molecule has 1 amide bonds. The van der Waals surface area contributed by atoms with Crippen LogP contribution in [0.25, 0.3) is 16.8 Å². The van der Waals surface area contributed by atoms with Gasteiger partial charge in [-0.25, -0.2) is 0 Å². The van der Waals surface area contributed by atoms with E-state index in [0.717, 1.165) is 10.8 Å². The fourth-order valence-electron chi connectivity index (χ4n) is 4.08. The molecule has 0 aliphatic rings. The van der Waals surface area contributed by atoms with Crippen molar-refractivity contribution in [1.29, 1.82) is 0 Å². The molecular formula is C32H30N2O6. The SMILES string of the molecule is COc1cc(OC)c(C=CC(=O)Nc2ccc(OC)c(NC=CC(=O)c3ccc4ccccc4c3)c2)c(OC)c1. The van der Waals surface area contributed by atoms with Gasteiger partial charge < -0.3 is 29.6 Å². The first-order valence-corrected chi connectivity index (χ1v) is 12.4. The topological polar surface area (TPSA) is 95.1 Å². The van der Waals surface area contributed by atoms with Gasteiger partial charge in [-0.2, -0.15) is 0 Å². The molecule has 0 saturated carbocycles. The van der Waals surface area contributed by atoms with Gasteiger partial charge in [0.25, 0.3) is 0 Å². The van der Waals surface area contributed by atoms with Crippen LogP contribution in [0, 0.1) is 0 Å². The Morgan fingerprint density at radius 2 is 1.40 bits per heavy atom. The third-order valence-corrected chi connectivity index (χ3v) is 6.13. The summed E-state index contributed by atoms with van der Waals surface area (Å²) < 4.78 is 21.5. The lowest BCUT2D eigenvalue weighted by atomic mass is 10.0. The Hall–Kier alpha value is -5.24. The van der Waals surface area contributed by atoms with Crippen molar-refractivity contribution < 1.29 is 28.5 Å². The molecule has 4 rings (SSSR count). The Bertz CT molecular complexity index is 1570. The number of benzene rings is 4. The van der Waals surface area contributed by atoms with Crippen LogP contribution in [0.15, 0.2) is 91.1 Å². The molecule has 0 heterocycles. The molecule has 4 aromatic rings. The van der Waals surface area contributed by atoms with E-state index >= 15 is 0 Å². The van der Waals surface area contributed by atoms with Crippen LogP contribution >= 0.6 is 0 Å². The van der Waals surface area contributed by atoms with Gasteiger partial charge >= 0.3 is 0 Å². The normalized spacial score (nSPS) is 11.0. The van der Waals surface area contributed by atoms with E-state index < -0.39 is 0 Å². The third-order valence-electron chi connectivity index (χ3n) is 6.13. The van der Waals surface area contributed by atoms with Crippen molar-refractivity contribution in [3.63, 3.8) is 0 Å². The second-order valence-corrected chi connectivity index (χ2v) is 8.59. The Balaban J connectivity index is 1.46. The molecule has 8 heteroatoms. The molecule has 0 radical (unpaired) electrons. The number of anilines is 2. The summed E-state index contributed by atoms with van der Waals surface area (Å²) in [6.45, 7) is 0. The Morgan fingerprint density at radius 3 is 2.08 bits per heavy atom. The third kappa shape index (κ3) is 6.60. The first kappa shape index (κ1) is 27.8. The number of hydrogen-bond acceptors (Lipinski definition) is 7. The summed E-state index contributed by atoms with van der Waals surface area (Å²) in [5, 5.41) is 7.97. The largest absolute Gasteiger partial charge is 0.496 e. The molecule has 0 atom stereocenters. The molecule has 0 aliphatic carbocycles. The lowest BCUT2D eigenvalue weighted by Crippen LogP contribution is -2.08. The van der Waals surface area contributed by atoms with Crippen molar-refractivity contribution in [3.8, 4) is 23.0 Å². The van der Waals surface area contributed by atoms with E-state index in [4.69, 9.17) is 18.9 Å². The number of methoxy groups -OCH3 is 4. The van der Waals surface area contributed by atoms with Crippen LogP contribution in [0.1, 0.15) is 15.9 Å². The van der Waals surface area contributed by atoms with E-state index in [1.165, 1.54) is 26.4 Å². The van der Waals surface area contributed by atoms with Gasteiger partial charge in [-0.3, -0.25) is 9.59 Å². The van der Waals surface area contributed by atoms with Gasteiger partial charge in [0.05, 0.1) is 39.7 Å². The maximum atomic E-state index is 12.7. The molecule has 0 bridgehead atoms. The standard InChI is InChI=1S/C32H30N2O6/c1-37-25-19-30(39-3)26(31(20-25)40-4)12-14-32(36)34-24-11-13-29(38-2)27(18-24)33-16-15-28(35)23-10-9-21-7-5-6-8-22(21)17-23/h5-20,33H,1-4H3,(H,34,36). The zero-order valence-corrected chi connectivity index (χ0v) is 22.7. The van der Waals surface area contributed by atoms with Crippen molar-refractivity contribution in [1.82, 2.24) is 0 Å². The second kappa shape index (κ2) is 13.0. The maximum Gasteiger partial charge on any atom is 0.248 e. The van der Waals surface area contributed by atoms with Gasteiger partial charge in [0.15, 0.2) is 5.78 Å². The Kier molecular flexibility index (Phi) is 9.04. The van der Waals surface area contributed by atoms with E-state index in [9.17, 15) is 9.59 Å². The minimum absolute atomic E-state index is 0.142. The van der Waals surface area contributed by atoms with Crippen molar-refractivity contribution in [2.24, 2.45) is 0 Å². The summed E-state index contributed by atoms with van der Waals surface area (Å²) in [6, 6.07) is 22.0. The molecule has 0 fully saturated rings. The summed E-state index contributed by atoms with van der Waals surface area (Å²) in [6.07, 6.45) is 5.98. The van der Waals surface area contributed by atoms with Crippen LogP contribution in [0.2, 0.25) is 0 Å². The molecule has 0 unspecified atom stereocenters. The van der Waals surface area contributed by atoms with Crippen LogP contribution in [-0.2, 0) is 4.79 Å². The second-order valence-electron chi connectivity index (χ2n) is 8.59. The molecule has 0 saturated heterocycles. The molecule has 40 heavy (non-hydrogen) atoms. The number of carbonyl (C=O) groups excluding carboxylic acids is 2. The highest BCUT2D eigenvalue weighted by molar-refractivity contribution is 6.07. The predicted octanol–water partition coefficient (Wildman–Crippen LogP) is 6.33. The van der Waals surface area contributed by atoms with Crippen molar-refractivity contribution >= 4 is 39.9 Å². The van der Waals surface area contributed by atoms with Crippen molar-refractivity contribution in [3.05, 3.63) is 102 Å². The van der Waals surface area contributed by atoms with Gasteiger partial charge in [-0.15, -0.1) is 0 Å². The number of fused-ring (bicyclic) bond motifs is 1. The van der Waals surface area contributed by atoms with Crippen molar-refractivity contribution in [2.75, 3.05) is 39.1 Å². The fraction of sp³-hybridized carbons (Fsp3) is 0.125. The van der Waals surface area contributed by atoms with E-state index in [0.29, 0.717) is 45.5 Å². The minimum Gasteiger partial charge on any atom is -0.496 e. The van der Waals surface area contributed by atoms with Gasteiger partial charge in [-0.1, -0.05) is 36.4 Å². The molecule has 204 valence electrons. The first-order chi connectivity index (χ1) is 19.4. The number of ether oxygens (including phenoxy) is 4. The summed E-state index contributed by atoms with van der Waals surface area (Å²) in [5.74, 6) is 1.61. The maximum absolute atomic E-state index is 12.7. The van der Waals surface area contributed by atoms with Gasteiger partial charge in [0.1, 0.15) is 23.0 Å². The number of rotatable bonds is 11. The fourth-order valence-corrected chi connectivity index (χ4v) is 4.08. The van der Waals surface area contributed by atoms with Crippen LogP contribution in [0.4, 0.5) is 11.4 Å². The van der Waals surface area contributed by atoms with Crippen LogP contribution in [-0.4, -0.2) is 40.1 Å². The molecule has 2 N–H and O–H groups in total. The summed E-state index contributed by atoms with van der Waals surface area (Å²) >= 11 is 0. The first-order valence-electron chi connectivity index (χ1n) is 12.4. The smallest absolute Gasteiger partial charge is 0.248 e. The monoisotopic (exact) mass is 538 g/mol. The summed E-state index contributed by atoms with van der Waals surface area (Å²) in [4.78, 5) is 25.4. The predicted molar refractivity (Wildman–Crippen MR) is 158 cm³/mol. The Morgan fingerprint density at radius 1 is 0.700 bits per heavy atom. The molecule has 0 aliphatic heterocycles. The molecule has 0 spiro atoms. The molecular weight excluding hydrogens is 508 g/mol. The van der Waals surface area contributed by atoms with Crippen molar-refractivity contribution in [2.45, 2.75) is 0 Å². The number of allylic oxidation sites excluding steroid dienone is 1. The minimum atomic E-state index is -0.363. The molecule has 4 aromatic carbocycles. The molecule has 0 aromatic heterocycles. The highest BCUT2D eigenvalue weighted by atomic mass is 16.5. The van der Waals surface area contributed by atoms with Crippen LogP contribution < -0.4 is 29.6 Å². The highest BCUT2D eigenvalue weighted by Crippen LogP contribution is 2.35. The quantitative estimate of drug-likeness (QED) is 0.170. The van der Waals surface area contributed by atoms with Gasteiger partial charge in [0, 0.05) is 41.7 Å². The van der Waals surface area contributed by atoms with E-state index in [1.807, 2.05) is 36.4 Å².